The van der Waals surface area contributed by atoms with Crippen molar-refractivity contribution in [2.45, 2.75) is 166 Å². The molecule has 33 heteroatoms. The maximum Gasteiger partial charge on any atom is 0.312 e. The molecule has 14 amide bonds. The van der Waals surface area contributed by atoms with Crippen LogP contribution in [0.5, 0.6) is 5.75 Å². The van der Waals surface area contributed by atoms with Crippen molar-refractivity contribution in [3.8, 4) is 5.75 Å². The number of primary amides is 2. The van der Waals surface area contributed by atoms with Gasteiger partial charge in [0.1, 0.15) is 66.2 Å². The highest BCUT2D eigenvalue weighted by Gasteiger charge is 2.40. The number of nitrogens with one attached hydrogen (secondary N) is 13. The lowest BCUT2D eigenvalue weighted by molar-refractivity contribution is -0.142. The van der Waals surface area contributed by atoms with E-state index in [1.54, 1.807) is 50.2 Å². The molecule has 0 aliphatic carbocycles. The SMILES string of the molecule is CC(=O)NC(=N)NCCC[C@H](NC(=O)[C@H](CC(C)C)NC(=O)[C@@H](CCCNC(N)=O)NC(=O)[C@H](Cc1ccc(O)cc1)NC(=O)[C@H](CO)NC(=O)[C@@H](Cc1cccnc1)NC(=O)[C@@H](Cc1ccc(Cl)cc1)NC(=O)[C@@H](Cc1ccc2ccccc2c1)NC(C)=O)C(=O)N1CCC[C@H]1C(=O)N[C@H](C)C(N)=O. The standard InChI is InChI=1S/C72H94ClN17O15/c1-40(2)32-54(63(97)84-53(16-10-29-78-71(75)82-43(5)93)70(104)90-31-11-17-60(90)69(103)80-41(3)61(74)95)85-62(96)52(15-9-30-79-72(76)105)83-65(99)56(35-45-21-26-51(94)27-22-45)88-68(102)59(39-91)89-67(101)58(37-47-12-8-28-77-38-47)87-66(100)57(34-44-19-24-50(73)25-20-44)86-64(98)55(81-42(4)92)36-46-18-23-48-13-6-7-14-49(48)33-46/h6-8,12-14,18-28,33,38,40-41,52-60,91,94H,9-11,15-17,29-32,34-37,39H2,1-5H3,(H2,74,95)(H,80,103)(H,81,92)(H,83,99)(H,84,97)(H,85,96)(H,86,98)(H,87,100)(H,88,102)(H,89,101)(H3,76,79,105)(H3,75,78,82,93)/t41-,52-,53+,54+,55-,56+,57-,58-,59+,60+/m1/s1. The Morgan fingerprint density at radius 3 is 1.59 bits per heavy atom. The molecule has 19 N–H and O–H groups in total. The van der Waals surface area contributed by atoms with E-state index in [-0.39, 0.29) is 101 Å². The van der Waals surface area contributed by atoms with Crippen molar-refractivity contribution in [1.29, 1.82) is 5.41 Å². The fraction of sp³-hybridized carbons (Fsp3) is 0.431. The van der Waals surface area contributed by atoms with Crippen molar-refractivity contribution in [3.63, 3.8) is 0 Å². The summed E-state index contributed by atoms with van der Waals surface area (Å²) in [5.74, 6) is -10.7. The van der Waals surface area contributed by atoms with E-state index in [9.17, 15) is 72.5 Å². The number of nitrogens with two attached hydrogens (primary N) is 2. The molecule has 0 unspecified atom stereocenters. The van der Waals surface area contributed by atoms with Gasteiger partial charge in [0.25, 0.3) is 0 Å². The van der Waals surface area contributed by atoms with Gasteiger partial charge in [0, 0.05) is 76.6 Å². The number of carbonyl (C=O) groups is 13. The van der Waals surface area contributed by atoms with E-state index in [1.807, 2.05) is 42.5 Å². The number of phenols is 1. The molecule has 6 rings (SSSR count). The van der Waals surface area contributed by atoms with Gasteiger partial charge in [-0.2, -0.15) is 0 Å². The highest BCUT2D eigenvalue weighted by molar-refractivity contribution is 6.30. The molecule has 32 nitrogen and oxygen atoms in total. The normalized spacial score (nSPS) is 15.0. The van der Waals surface area contributed by atoms with E-state index in [2.05, 4.69) is 68.8 Å². The van der Waals surface area contributed by atoms with Crippen molar-refractivity contribution < 1.29 is 72.5 Å². The van der Waals surface area contributed by atoms with Gasteiger partial charge in [-0.05, 0) is 121 Å². The van der Waals surface area contributed by atoms with Crippen molar-refractivity contribution in [3.05, 3.63) is 143 Å². The molecule has 5 aromatic rings. The van der Waals surface area contributed by atoms with Crippen molar-refractivity contribution in [2.75, 3.05) is 26.2 Å². The molecular weight excluding hydrogens is 1380 g/mol. The first kappa shape index (κ1) is 82.7. The van der Waals surface area contributed by atoms with Gasteiger partial charge in [0.15, 0.2) is 5.96 Å². The Kier molecular flexibility index (Phi) is 32.4. The second-order valence-electron chi connectivity index (χ2n) is 26.0. The van der Waals surface area contributed by atoms with Crippen LogP contribution in [-0.2, 0) is 83.2 Å². The lowest BCUT2D eigenvalue weighted by atomic mass is 9.99. The van der Waals surface area contributed by atoms with Crippen LogP contribution >= 0.6 is 11.6 Å². The number of carbonyl (C=O) groups excluding carboxylic acids is 13. The number of hydrogen-bond acceptors (Lipinski definition) is 17. The number of halogens is 1. The third kappa shape index (κ3) is 27.5. The van der Waals surface area contributed by atoms with E-state index < -0.39 is 144 Å². The summed E-state index contributed by atoms with van der Waals surface area (Å²) in [6.07, 6.45) is 2.44. The van der Waals surface area contributed by atoms with Gasteiger partial charge in [0.2, 0.25) is 70.9 Å². The summed E-state index contributed by atoms with van der Waals surface area (Å²) in [7, 11) is 0. The second kappa shape index (κ2) is 41.1. The van der Waals surface area contributed by atoms with E-state index in [4.69, 9.17) is 28.5 Å². The molecule has 10 atom stereocenters. The molecule has 1 fully saturated rings. The number of guanidine groups is 1. The Labute approximate surface area is 612 Å². The predicted octanol–water partition coefficient (Wildman–Crippen LogP) is -0.329. The van der Waals surface area contributed by atoms with Gasteiger partial charge in [-0.3, -0.25) is 73.2 Å². The Balaban J connectivity index is 1.26. The Bertz CT molecular complexity index is 3890. The highest BCUT2D eigenvalue weighted by Crippen LogP contribution is 2.22. The largest absolute Gasteiger partial charge is 0.508 e. The smallest absolute Gasteiger partial charge is 0.312 e. The first-order valence-electron chi connectivity index (χ1n) is 34.4. The molecule has 105 heavy (non-hydrogen) atoms. The van der Waals surface area contributed by atoms with Crippen LogP contribution in [0.1, 0.15) is 102 Å². The predicted molar refractivity (Wildman–Crippen MR) is 387 cm³/mol. The number of rotatable bonds is 38. The average Bonchev–Trinajstić information content (AvgIpc) is 1.81. The zero-order chi connectivity index (χ0) is 76.9. The third-order valence-corrected chi connectivity index (χ3v) is 17.3. The molecule has 1 saturated heterocycles. The quantitative estimate of drug-likeness (QED) is 0.0137. The number of aliphatic hydroxyl groups excluding tert-OH is 1. The number of benzene rings is 4. The first-order chi connectivity index (χ1) is 50.0. The van der Waals surface area contributed by atoms with Crippen LogP contribution in [0.2, 0.25) is 5.02 Å². The van der Waals surface area contributed by atoms with E-state index in [0.29, 0.717) is 33.7 Å². The number of pyridine rings is 1. The molecule has 0 spiro atoms. The monoisotopic (exact) mass is 1470 g/mol. The van der Waals surface area contributed by atoms with Crippen LogP contribution in [0, 0.1) is 11.3 Å². The minimum absolute atomic E-state index is 0.0164. The Hall–Kier alpha value is -11.3. The number of nitrogens with zero attached hydrogens (tertiary/aromatic N) is 2. The number of hydrogen-bond donors (Lipinski definition) is 17. The van der Waals surface area contributed by atoms with Gasteiger partial charge in [0.05, 0.1) is 6.61 Å². The van der Waals surface area contributed by atoms with Crippen LogP contribution < -0.4 is 75.3 Å². The maximum atomic E-state index is 14.9. The summed E-state index contributed by atoms with van der Waals surface area (Å²) in [6, 6.07) is 13.2. The fourth-order valence-corrected chi connectivity index (χ4v) is 11.8. The van der Waals surface area contributed by atoms with Crippen molar-refractivity contribution >= 4 is 105 Å². The number of aromatic nitrogens is 1. The molecule has 0 bridgehead atoms. The molecule has 0 saturated carbocycles. The molecule has 2 heterocycles. The minimum atomic E-state index is -1.86. The molecule has 4 aromatic carbocycles. The molecule has 0 radical (unpaired) electrons. The third-order valence-electron chi connectivity index (χ3n) is 17.0. The van der Waals surface area contributed by atoms with E-state index in [1.165, 1.54) is 62.3 Å². The van der Waals surface area contributed by atoms with Gasteiger partial charge in [-0.25, -0.2) is 4.79 Å². The van der Waals surface area contributed by atoms with Crippen molar-refractivity contribution in [2.24, 2.45) is 17.4 Å². The molecule has 564 valence electrons. The minimum Gasteiger partial charge on any atom is -0.508 e. The highest BCUT2D eigenvalue weighted by atomic mass is 35.5. The van der Waals surface area contributed by atoms with Crippen molar-refractivity contribution in [1.82, 2.24) is 73.7 Å². The number of aromatic hydroxyl groups is 1. The summed E-state index contributed by atoms with van der Waals surface area (Å²) < 4.78 is 0. The lowest BCUT2D eigenvalue weighted by Gasteiger charge is -2.31. The lowest BCUT2D eigenvalue weighted by Crippen LogP contribution is -2.61. The van der Waals surface area contributed by atoms with Crippen LogP contribution in [-0.4, -0.2) is 190 Å². The maximum absolute atomic E-state index is 14.9. The fourth-order valence-electron chi connectivity index (χ4n) is 11.6. The summed E-state index contributed by atoms with van der Waals surface area (Å²) in [5.41, 5.74) is 12.8. The Morgan fingerprint density at radius 1 is 0.552 bits per heavy atom. The summed E-state index contributed by atoms with van der Waals surface area (Å²) in [4.78, 5) is 184. The number of phenolic OH excluding ortho intramolecular Hbond substituents is 1. The van der Waals surface area contributed by atoms with E-state index >= 15 is 0 Å². The Morgan fingerprint density at radius 2 is 1.04 bits per heavy atom. The van der Waals surface area contributed by atoms with Gasteiger partial charge < -0.3 is 85.1 Å². The zero-order valence-electron chi connectivity index (χ0n) is 59.1. The van der Waals surface area contributed by atoms with Crippen LogP contribution in [0.3, 0.4) is 0 Å². The second-order valence-corrected chi connectivity index (χ2v) is 26.5. The summed E-state index contributed by atoms with van der Waals surface area (Å²) in [5, 5.41) is 62.5. The molecule has 1 aliphatic rings. The van der Waals surface area contributed by atoms with Gasteiger partial charge in [-0.15, -0.1) is 0 Å². The summed E-state index contributed by atoms with van der Waals surface area (Å²) in [6.45, 7) is 6.24. The van der Waals surface area contributed by atoms with Crippen LogP contribution in [0.25, 0.3) is 10.8 Å². The molecule has 1 aliphatic heterocycles. The number of fused-ring (bicyclic) bond motifs is 1. The number of amides is 14. The molecule has 1 aromatic heterocycles. The zero-order valence-corrected chi connectivity index (χ0v) is 59.8. The van der Waals surface area contributed by atoms with Crippen LogP contribution in [0.15, 0.2) is 116 Å². The van der Waals surface area contributed by atoms with Gasteiger partial charge >= 0.3 is 6.03 Å². The van der Waals surface area contributed by atoms with Gasteiger partial charge in [-0.1, -0.05) is 98.2 Å². The number of urea groups is 1. The van der Waals surface area contributed by atoms with E-state index in [0.717, 1.165) is 10.8 Å². The molecular formula is C72H94ClN17O15. The number of aliphatic hydroxyl groups is 1. The number of likely N-dealkylation sites (tertiary alicyclic amines) is 1. The average molecular weight is 1470 g/mol. The van der Waals surface area contributed by atoms with Crippen LogP contribution in [0.4, 0.5) is 4.79 Å². The topological polar surface area (TPSA) is 499 Å². The first-order valence-corrected chi connectivity index (χ1v) is 34.8. The summed E-state index contributed by atoms with van der Waals surface area (Å²) >= 11 is 6.23.